The van der Waals surface area contributed by atoms with Crippen molar-refractivity contribution in [3.63, 3.8) is 0 Å². The van der Waals surface area contributed by atoms with Gasteiger partial charge in [-0.2, -0.15) is 0 Å². The summed E-state index contributed by atoms with van der Waals surface area (Å²) >= 11 is 1.26. The van der Waals surface area contributed by atoms with Gasteiger partial charge in [-0.15, -0.1) is 0 Å². The molecule has 1 aromatic heterocycles. The van der Waals surface area contributed by atoms with Crippen molar-refractivity contribution in [1.82, 2.24) is 15.5 Å². The molecule has 0 aliphatic carbocycles. The van der Waals surface area contributed by atoms with Crippen LogP contribution in [0.3, 0.4) is 0 Å². The zero-order valence-electron chi connectivity index (χ0n) is 22.6. The third-order valence-electron chi connectivity index (χ3n) is 6.39. The summed E-state index contributed by atoms with van der Waals surface area (Å²) in [5.74, 6) is -0.415. The van der Waals surface area contributed by atoms with Crippen LogP contribution >= 0.6 is 11.8 Å². The predicted molar refractivity (Wildman–Crippen MR) is 159 cm³/mol. The topological polar surface area (TPSA) is 116 Å². The van der Waals surface area contributed by atoms with Crippen LogP contribution in [0.15, 0.2) is 107 Å². The SMILES string of the molecule is C[C@H](NC(=O)NCc1ccccc1)C(=O)Nc1ccc(C2S/C(=N\c3cccc(F)c3)N(Cc3ccco3)C2=O)cc1. The Balaban J connectivity index is 1.22. The van der Waals surface area contributed by atoms with Gasteiger partial charge in [0.25, 0.3) is 0 Å². The number of thioether (sulfide) groups is 1. The maximum atomic E-state index is 13.8. The molecular formula is C31H28FN5O4S. The summed E-state index contributed by atoms with van der Waals surface area (Å²) in [6.45, 7) is 2.11. The zero-order valence-corrected chi connectivity index (χ0v) is 23.4. The number of furan rings is 1. The Hall–Kier alpha value is -4.90. The quantitative estimate of drug-likeness (QED) is 0.231. The van der Waals surface area contributed by atoms with E-state index in [1.54, 1.807) is 55.5 Å². The van der Waals surface area contributed by atoms with Gasteiger partial charge in [0.2, 0.25) is 11.8 Å². The largest absolute Gasteiger partial charge is 0.467 e. The molecule has 1 fully saturated rings. The predicted octanol–water partition coefficient (Wildman–Crippen LogP) is 5.75. The van der Waals surface area contributed by atoms with Crippen LogP contribution in [0.1, 0.15) is 29.1 Å². The summed E-state index contributed by atoms with van der Waals surface area (Å²) in [6.07, 6.45) is 1.53. The van der Waals surface area contributed by atoms with Gasteiger partial charge in [0.05, 0.1) is 18.5 Å². The minimum absolute atomic E-state index is 0.182. The molecule has 5 rings (SSSR count). The second kappa shape index (κ2) is 13.2. The summed E-state index contributed by atoms with van der Waals surface area (Å²) in [5, 5.41) is 7.96. The number of hydrogen-bond donors (Lipinski definition) is 3. The fourth-order valence-corrected chi connectivity index (χ4v) is 5.37. The molecule has 1 saturated heterocycles. The molecular weight excluding hydrogens is 557 g/mol. The van der Waals surface area contributed by atoms with Gasteiger partial charge in [0.15, 0.2) is 5.17 Å². The Morgan fingerprint density at radius 3 is 2.52 bits per heavy atom. The molecule has 11 heteroatoms. The molecule has 3 aromatic carbocycles. The first-order valence-electron chi connectivity index (χ1n) is 13.2. The highest BCUT2D eigenvalue weighted by molar-refractivity contribution is 8.15. The van der Waals surface area contributed by atoms with E-state index in [1.165, 1.54) is 35.1 Å². The smallest absolute Gasteiger partial charge is 0.315 e. The van der Waals surface area contributed by atoms with Crippen LogP contribution in [0.2, 0.25) is 0 Å². The van der Waals surface area contributed by atoms with E-state index >= 15 is 0 Å². The summed E-state index contributed by atoms with van der Waals surface area (Å²) in [4.78, 5) is 44.5. The van der Waals surface area contributed by atoms with Gasteiger partial charge in [0, 0.05) is 12.2 Å². The lowest BCUT2D eigenvalue weighted by Gasteiger charge is -2.16. The number of urea groups is 1. The van der Waals surface area contributed by atoms with Crippen LogP contribution in [0.25, 0.3) is 0 Å². The van der Waals surface area contributed by atoms with Crippen molar-refractivity contribution < 1.29 is 23.2 Å². The minimum atomic E-state index is -0.788. The van der Waals surface area contributed by atoms with Gasteiger partial charge < -0.3 is 20.4 Å². The molecule has 1 unspecified atom stereocenters. The number of amidine groups is 1. The highest BCUT2D eigenvalue weighted by Crippen LogP contribution is 2.41. The van der Waals surface area contributed by atoms with E-state index in [0.29, 0.717) is 34.4 Å². The first-order valence-corrected chi connectivity index (χ1v) is 14.1. The number of anilines is 1. The van der Waals surface area contributed by atoms with E-state index in [2.05, 4.69) is 20.9 Å². The number of benzene rings is 3. The van der Waals surface area contributed by atoms with E-state index in [1.807, 2.05) is 30.3 Å². The molecule has 9 nitrogen and oxygen atoms in total. The van der Waals surface area contributed by atoms with Crippen LogP contribution < -0.4 is 16.0 Å². The van der Waals surface area contributed by atoms with Crippen molar-refractivity contribution in [2.75, 3.05) is 5.32 Å². The normalized spacial score (nSPS) is 16.3. The van der Waals surface area contributed by atoms with Crippen LogP contribution in [0.4, 0.5) is 20.6 Å². The first kappa shape index (κ1) is 28.6. The van der Waals surface area contributed by atoms with E-state index in [0.717, 1.165) is 5.56 Å². The molecule has 2 atom stereocenters. The maximum absolute atomic E-state index is 13.8. The highest BCUT2D eigenvalue weighted by atomic mass is 32.2. The average Bonchev–Trinajstić information content (AvgIpc) is 3.61. The summed E-state index contributed by atoms with van der Waals surface area (Å²) < 4.78 is 19.2. The molecule has 2 heterocycles. The molecule has 1 aliphatic heterocycles. The van der Waals surface area contributed by atoms with Gasteiger partial charge in [-0.25, -0.2) is 14.2 Å². The molecule has 1 aliphatic rings. The van der Waals surface area contributed by atoms with E-state index in [-0.39, 0.29) is 12.5 Å². The number of nitrogens with one attached hydrogen (secondary N) is 3. The van der Waals surface area contributed by atoms with Crippen molar-refractivity contribution in [3.05, 3.63) is 120 Å². The summed E-state index contributed by atoms with van der Waals surface area (Å²) in [5.41, 5.74) is 2.56. The third kappa shape index (κ3) is 7.24. The van der Waals surface area contributed by atoms with Gasteiger partial charge in [-0.1, -0.05) is 60.3 Å². The summed E-state index contributed by atoms with van der Waals surface area (Å²) in [6, 6.07) is 24.5. The highest BCUT2D eigenvalue weighted by Gasteiger charge is 2.39. The van der Waals surface area contributed by atoms with Crippen molar-refractivity contribution >= 4 is 46.1 Å². The number of carbonyl (C=O) groups is 3. The molecule has 0 spiro atoms. The number of halogens is 1. The lowest BCUT2D eigenvalue weighted by molar-refractivity contribution is -0.126. The molecule has 0 bridgehead atoms. The minimum Gasteiger partial charge on any atom is -0.467 e. The van der Waals surface area contributed by atoms with Crippen molar-refractivity contribution in [2.24, 2.45) is 4.99 Å². The lowest BCUT2D eigenvalue weighted by Crippen LogP contribution is -2.46. The van der Waals surface area contributed by atoms with Gasteiger partial charge in [-0.05, 0) is 60.5 Å². The van der Waals surface area contributed by atoms with Gasteiger partial charge in [-0.3, -0.25) is 14.5 Å². The maximum Gasteiger partial charge on any atom is 0.315 e. The standard InChI is InChI=1S/C31H28FN5O4S/c1-20(34-30(40)33-18-21-7-3-2-4-8-21)28(38)35-24-14-12-22(13-15-24)27-29(39)37(19-26-11-6-16-41-26)31(42-27)36-25-10-5-9-23(32)17-25/h2-17,20,27H,18-19H2,1H3,(H,35,38)(H2,33,34,40)/b36-31-/t20-,27?/m0/s1. The molecule has 0 saturated carbocycles. The van der Waals surface area contributed by atoms with Crippen LogP contribution in [0, 0.1) is 5.82 Å². The molecule has 3 N–H and O–H groups in total. The number of rotatable bonds is 9. The second-order valence-electron chi connectivity index (χ2n) is 9.52. The zero-order chi connectivity index (χ0) is 29.5. The number of nitrogens with zero attached hydrogens (tertiary/aromatic N) is 2. The Morgan fingerprint density at radius 1 is 1.02 bits per heavy atom. The number of carbonyl (C=O) groups excluding carboxylic acids is 3. The second-order valence-corrected chi connectivity index (χ2v) is 10.6. The Morgan fingerprint density at radius 2 is 1.81 bits per heavy atom. The lowest BCUT2D eigenvalue weighted by atomic mass is 10.1. The number of aliphatic imine (C=N–C) groups is 1. The molecule has 0 radical (unpaired) electrons. The fourth-order valence-electron chi connectivity index (χ4n) is 4.20. The molecule has 4 amide bonds. The Bertz CT molecular complexity index is 1580. The average molecular weight is 586 g/mol. The van der Waals surface area contributed by atoms with E-state index in [9.17, 15) is 18.8 Å². The van der Waals surface area contributed by atoms with Crippen LogP contribution in [-0.2, 0) is 22.7 Å². The number of hydrogen-bond acceptors (Lipinski definition) is 6. The third-order valence-corrected chi connectivity index (χ3v) is 7.62. The Labute approximate surface area is 246 Å². The van der Waals surface area contributed by atoms with Crippen LogP contribution in [-0.4, -0.2) is 34.0 Å². The van der Waals surface area contributed by atoms with Gasteiger partial charge >= 0.3 is 6.03 Å². The van der Waals surface area contributed by atoms with Crippen molar-refractivity contribution in [1.29, 1.82) is 0 Å². The summed E-state index contributed by atoms with van der Waals surface area (Å²) in [7, 11) is 0. The molecule has 42 heavy (non-hydrogen) atoms. The molecule has 4 aromatic rings. The van der Waals surface area contributed by atoms with Crippen molar-refractivity contribution in [2.45, 2.75) is 31.3 Å². The van der Waals surface area contributed by atoms with E-state index < -0.39 is 29.0 Å². The van der Waals surface area contributed by atoms with Crippen LogP contribution in [0.5, 0.6) is 0 Å². The Kier molecular flexibility index (Phi) is 8.98. The fraction of sp³-hybridized carbons (Fsp3) is 0.161. The number of amides is 4. The van der Waals surface area contributed by atoms with Gasteiger partial charge in [0.1, 0.15) is 22.9 Å². The molecule has 214 valence electrons. The van der Waals surface area contributed by atoms with E-state index in [4.69, 9.17) is 4.42 Å². The first-order chi connectivity index (χ1) is 20.4. The van der Waals surface area contributed by atoms with Crippen molar-refractivity contribution in [3.8, 4) is 0 Å². The monoisotopic (exact) mass is 585 g/mol.